The van der Waals surface area contributed by atoms with E-state index in [9.17, 15) is 13.6 Å². The zero-order valence-electron chi connectivity index (χ0n) is 21.3. The second kappa shape index (κ2) is 9.44. The lowest BCUT2D eigenvalue weighted by atomic mass is 10.0. The predicted octanol–water partition coefficient (Wildman–Crippen LogP) is 5.27. The van der Waals surface area contributed by atoms with Crippen molar-refractivity contribution in [1.82, 2.24) is 14.5 Å². The molecule has 12 heteroatoms. The van der Waals surface area contributed by atoms with E-state index in [0.29, 0.717) is 49.6 Å². The van der Waals surface area contributed by atoms with E-state index in [2.05, 4.69) is 34.4 Å². The van der Waals surface area contributed by atoms with Crippen LogP contribution in [-0.4, -0.2) is 56.7 Å². The monoisotopic (exact) mass is 562 g/mol. The molecule has 8 nitrogen and oxygen atoms in total. The first-order chi connectivity index (χ1) is 18.1. The van der Waals surface area contributed by atoms with Gasteiger partial charge in [0.2, 0.25) is 11.7 Å². The number of ether oxygens (including phenoxy) is 1. The molecule has 3 atom stereocenters. The predicted molar refractivity (Wildman–Crippen MR) is 149 cm³/mol. The third-order valence-electron chi connectivity index (χ3n) is 7.31. The van der Waals surface area contributed by atoms with Gasteiger partial charge in [0.1, 0.15) is 5.02 Å². The van der Waals surface area contributed by atoms with Gasteiger partial charge >= 0.3 is 5.92 Å². The summed E-state index contributed by atoms with van der Waals surface area (Å²) in [5.41, 5.74) is 1.07. The van der Waals surface area contributed by atoms with E-state index in [1.165, 1.54) is 4.57 Å². The molecule has 1 saturated carbocycles. The maximum Gasteiger partial charge on any atom is 0.301 e. The maximum atomic E-state index is 14.9. The Morgan fingerprint density at radius 2 is 1.97 bits per heavy atom. The molecule has 2 N–H and O–H groups in total. The van der Waals surface area contributed by atoms with Crippen LogP contribution in [-0.2, 0) is 7.05 Å². The molecule has 6 rings (SSSR count). The number of thioether (sulfide) groups is 1. The van der Waals surface area contributed by atoms with Crippen molar-refractivity contribution in [3.05, 3.63) is 39.8 Å². The van der Waals surface area contributed by atoms with E-state index in [-0.39, 0.29) is 11.7 Å². The molecular weight excluding hydrogens is 534 g/mol. The molecule has 3 aromatic rings. The van der Waals surface area contributed by atoms with Crippen molar-refractivity contribution in [1.29, 1.82) is 0 Å². The molecule has 2 unspecified atom stereocenters. The Labute approximate surface area is 228 Å². The number of benzene rings is 1. The number of rotatable bonds is 4. The standard InChI is InChI=1S/C26H29ClF2N6O2S/c1-13-10-35(11-14(2)38-13)25-30-9-18(27)23(33-25)31-16-6-7-19-17(8-16)20-21(24(36)34(19)3)37-12-26(28,29)22(32-20)15-4-5-15/h6-9,13-15,22,32H,4-5,10-12H2,1-3H3,(H,30,31,33)/t13?,14?,22-/m0/s1. The zero-order chi connectivity index (χ0) is 26.8. The fraction of sp³-hybridized carbons (Fsp3) is 0.500. The number of alkyl halides is 2. The summed E-state index contributed by atoms with van der Waals surface area (Å²) in [6, 6.07) is 4.29. The number of hydrogen-bond donors (Lipinski definition) is 2. The average molecular weight is 563 g/mol. The second-order valence-electron chi connectivity index (χ2n) is 10.5. The molecule has 1 aliphatic carbocycles. The minimum atomic E-state index is -3.10. The molecule has 1 aromatic carbocycles. The van der Waals surface area contributed by atoms with Crippen LogP contribution in [0.2, 0.25) is 5.02 Å². The SMILES string of the molecule is CC1CN(c2ncc(Cl)c(Nc3ccc4c(c3)c3c(c(=O)n4C)OCC(F)(F)[C@H](C4CC4)N3)n2)CC(C)S1. The quantitative estimate of drug-likeness (QED) is 0.445. The minimum Gasteiger partial charge on any atom is -0.480 e. The molecule has 0 amide bonds. The number of nitrogens with zero attached hydrogens (tertiary/aromatic N) is 4. The molecule has 0 spiro atoms. The van der Waals surface area contributed by atoms with Gasteiger partial charge in [-0.2, -0.15) is 16.7 Å². The lowest BCUT2D eigenvalue weighted by molar-refractivity contribution is -0.0579. The number of halogens is 3. The van der Waals surface area contributed by atoms with Gasteiger partial charge in [-0.1, -0.05) is 25.4 Å². The van der Waals surface area contributed by atoms with E-state index < -0.39 is 24.1 Å². The van der Waals surface area contributed by atoms with Crippen LogP contribution >= 0.6 is 23.4 Å². The Kier molecular flexibility index (Phi) is 6.33. The zero-order valence-corrected chi connectivity index (χ0v) is 22.9. The fourth-order valence-electron chi connectivity index (χ4n) is 5.36. The lowest BCUT2D eigenvalue weighted by Gasteiger charge is -2.34. The maximum absolute atomic E-state index is 14.9. The first-order valence-corrected chi connectivity index (χ1v) is 14.1. The highest BCUT2D eigenvalue weighted by atomic mass is 35.5. The first kappa shape index (κ1) is 25.5. The van der Waals surface area contributed by atoms with Crippen LogP contribution in [0.4, 0.5) is 31.9 Å². The van der Waals surface area contributed by atoms with E-state index >= 15 is 0 Å². The number of hydrogen-bond acceptors (Lipinski definition) is 8. The normalized spacial score (nSPS) is 24.8. The highest BCUT2D eigenvalue weighted by molar-refractivity contribution is 8.00. The molecule has 4 heterocycles. The molecular formula is C26H29ClF2N6O2S. The van der Waals surface area contributed by atoms with Gasteiger partial charge in [-0.05, 0) is 37.0 Å². The van der Waals surface area contributed by atoms with Crippen molar-refractivity contribution in [2.75, 3.05) is 35.2 Å². The Morgan fingerprint density at radius 3 is 2.68 bits per heavy atom. The number of anilines is 4. The number of aryl methyl sites for hydroxylation is 1. The van der Waals surface area contributed by atoms with Crippen molar-refractivity contribution in [2.24, 2.45) is 13.0 Å². The molecule has 3 aliphatic rings. The molecule has 0 bridgehead atoms. The summed E-state index contributed by atoms with van der Waals surface area (Å²) in [7, 11) is 1.61. The van der Waals surface area contributed by atoms with Gasteiger partial charge in [0.05, 0.1) is 23.4 Å². The summed E-state index contributed by atoms with van der Waals surface area (Å²) in [6.45, 7) is 5.22. The van der Waals surface area contributed by atoms with Gasteiger partial charge in [-0.25, -0.2) is 13.8 Å². The van der Waals surface area contributed by atoms with Crippen LogP contribution in [0, 0.1) is 5.92 Å². The van der Waals surface area contributed by atoms with E-state index in [0.717, 1.165) is 25.9 Å². The fourth-order valence-corrected chi connectivity index (χ4v) is 6.83. The van der Waals surface area contributed by atoms with Gasteiger partial charge in [0.15, 0.2) is 12.4 Å². The highest BCUT2D eigenvalue weighted by Crippen LogP contribution is 2.45. The van der Waals surface area contributed by atoms with Crippen LogP contribution in [0.3, 0.4) is 0 Å². The third-order valence-corrected chi connectivity index (χ3v) is 8.81. The Balaban J connectivity index is 1.38. The Hall–Kier alpha value is -2.79. The third kappa shape index (κ3) is 4.64. The Morgan fingerprint density at radius 1 is 1.24 bits per heavy atom. The molecule has 202 valence electrons. The van der Waals surface area contributed by atoms with Crippen molar-refractivity contribution in [2.45, 2.75) is 49.2 Å². The van der Waals surface area contributed by atoms with Crippen LogP contribution in [0.1, 0.15) is 26.7 Å². The summed E-state index contributed by atoms with van der Waals surface area (Å²) >= 11 is 8.41. The molecule has 1 saturated heterocycles. The summed E-state index contributed by atoms with van der Waals surface area (Å²) in [4.78, 5) is 24.3. The van der Waals surface area contributed by atoms with Crippen molar-refractivity contribution in [3.8, 4) is 5.75 Å². The molecule has 2 fully saturated rings. The van der Waals surface area contributed by atoms with Gasteiger partial charge in [-0.15, -0.1) is 0 Å². The smallest absolute Gasteiger partial charge is 0.301 e. The van der Waals surface area contributed by atoms with Gasteiger partial charge in [-0.3, -0.25) is 4.79 Å². The summed E-state index contributed by atoms with van der Waals surface area (Å²) in [5, 5.41) is 8.14. The van der Waals surface area contributed by atoms with Crippen LogP contribution in [0.5, 0.6) is 5.75 Å². The van der Waals surface area contributed by atoms with Crippen molar-refractivity contribution >= 4 is 57.4 Å². The molecule has 0 radical (unpaired) electrons. The average Bonchev–Trinajstić information content (AvgIpc) is 3.71. The van der Waals surface area contributed by atoms with E-state index in [1.807, 2.05) is 11.8 Å². The van der Waals surface area contributed by atoms with Crippen LogP contribution in [0.15, 0.2) is 29.2 Å². The van der Waals surface area contributed by atoms with Gasteiger partial charge in [0.25, 0.3) is 5.56 Å². The largest absolute Gasteiger partial charge is 0.480 e. The summed E-state index contributed by atoms with van der Waals surface area (Å²) in [5.74, 6) is -2.31. The summed E-state index contributed by atoms with van der Waals surface area (Å²) in [6.07, 6.45) is 3.03. The number of nitrogens with one attached hydrogen (secondary N) is 2. The van der Waals surface area contributed by atoms with Gasteiger partial charge < -0.3 is 24.8 Å². The first-order valence-electron chi connectivity index (χ1n) is 12.7. The number of pyridine rings is 1. The van der Waals surface area contributed by atoms with Gasteiger partial charge in [0, 0.05) is 41.7 Å². The molecule has 2 aliphatic heterocycles. The summed E-state index contributed by atoms with van der Waals surface area (Å²) < 4.78 is 36.7. The highest BCUT2D eigenvalue weighted by Gasteiger charge is 2.51. The molecule has 38 heavy (non-hydrogen) atoms. The van der Waals surface area contributed by atoms with Crippen LogP contribution < -0.4 is 25.8 Å². The second-order valence-corrected chi connectivity index (χ2v) is 12.8. The topological polar surface area (TPSA) is 84.3 Å². The van der Waals surface area contributed by atoms with E-state index in [4.69, 9.17) is 21.3 Å². The van der Waals surface area contributed by atoms with E-state index in [1.54, 1.807) is 31.4 Å². The van der Waals surface area contributed by atoms with Crippen molar-refractivity contribution < 1.29 is 13.5 Å². The number of aromatic nitrogens is 3. The molecule has 2 aromatic heterocycles. The van der Waals surface area contributed by atoms with Crippen molar-refractivity contribution in [3.63, 3.8) is 0 Å². The minimum absolute atomic E-state index is 0.0893. The number of fused-ring (bicyclic) bond motifs is 3. The Bertz CT molecular complexity index is 1460. The lowest BCUT2D eigenvalue weighted by Crippen LogP contribution is -2.44. The van der Waals surface area contributed by atoms with Crippen LogP contribution in [0.25, 0.3) is 10.9 Å².